The van der Waals surface area contributed by atoms with E-state index in [0.29, 0.717) is 41.1 Å². The van der Waals surface area contributed by atoms with Gasteiger partial charge in [0.2, 0.25) is 0 Å². The van der Waals surface area contributed by atoms with E-state index in [1.54, 1.807) is 22.9 Å². The zero-order chi connectivity index (χ0) is 24.5. The van der Waals surface area contributed by atoms with Crippen molar-refractivity contribution in [2.24, 2.45) is 0 Å². The molecular weight excluding hydrogens is 447 g/mol. The molecule has 3 aromatic rings. The summed E-state index contributed by atoms with van der Waals surface area (Å²) < 4.78 is 40.6. The van der Waals surface area contributed by atoms with Gasteiger partial charge in [0.1, 0.15) is 12.1 Å². The first-order valence-electron chi connectivity index (χ1n) is 10.7. The third-order valence-electron chi connectivity index (χ3n) is 5.35. The summed E-state index contributed by atoms with van der Waals surface area (Å²) in [7, 11) is 0. The summed E-state index contributed by atoms with van der Waals surface area (Å²) in [4.78, 5) is 20.8. The molecule has 0 aliphatic heterocycles. The minimum absolute atomic E-state index is 0.0732. The van der Waals surface area contributed by atoms with Gasteiger partial charge in [0.25, 0.3) is 0 Å². The Morgan fingerprint density at radius 1 is 1.24 bits per heavy atom. The van der Waals surface area contributed by atoms with Gasteiger partial charge in [-0.2, -0.15) is 18.3 Å². The Morgan fingerprint density at radius 3 is 2.76 bits per heavy atom. The SMILES string of the molecule is CC(C)n1nc(Cc2cccc(NC(=O)NC3=CC(C(F)(F)F)=CCC3)c2)c2c(N)ncnc21. The smallest absolute Gasteiger partial charge is 0.383 e. The number of halogens is 3. The Hall–Kier alpha value is -3.89. The van der Waals surface area contributed by atoms with E-state index in [1.165, 1.54) is 6.33 Å². The van der Waals surface area contributed by atoms with Gasteiger partial charge in [-0.05, 0) is 50.5 Å². The Kier molecular flexibility index (Phi) is 6.27. The minimum Gasteiger partial charge on any atom is -0.383 e. The molecule has 2 amide bonds. The largest absolute Gasteiger partial charge is 0.416 e. The summed E-state index contributed by atoms with van der Waals surface area (Å²) in [6.07, 6.45) is -0.00526. The monoisotopic (exact) mass is 471 g/mol. The van der Waals surface area contributed by atoms with E-state index < -0.39 is 17.8 Å². The maximum atomic E-state index is 12.9. The van der Waals surface area contributed by atoms with Crippen LogP contribution in [0.5, 0.6) is 0 Å². The Bertz CT molecular complexity index is 1290. The van der Waals surface area contributed by atoms with Crippen LogP contribution in [0.2, 0.25) is 0 Å². The molecule has 34 heavy (non-hydrogen) atoms. The Balaban J connectivity index is 1.50. The summed E-state index contributed by atoms with van der Waals surface area (Å²) >= 11 is 0. The number of fused-ring (bicyclic) bond motifs is 1. The van der Waals surface area contributed by atoms with Crippen LogP contribution in [-0.2, 0) is 6.42 Å². The molecule has 0 bridgehead atoms. The molecule has 0 spiro atoms. The molecule has 4 N–H and O–H groups in total. The van der Waals surface area contributed by atoms with Gasteiger partial charge in [-0.15, -0.1) is 0 Å². The number of carbonyl (C=O) groups is 1. The lowest BCUT2D eigenvalue weighted by Gasteiger charge is -2.17. The van der Waals surface area contributed by atoms with Crippen molar-refractivity contribution < 1.29 is 18.0 Å². The van der Waals surface area contributed by atoms with E-state index in [0.717, 1.165) is 17.7 Å². The third kappa shape index (κ3) is 5.03. The van der Waals surface area contributed by atoms with Gasteiger partial charge in [-0.3, -0.25) is 0 Å². The number of benzene rings is 1. The van der Waals surface area contributed by atoms with Gasteiger partial charge in [0.05, 0.1) is 16.7 Å². The van der Waals surface area contributed by atoms with Gasteiger partial charge in [-0.1, -0.05) is 18.2 Å². The number of hydrogen-bond acceptors (Lipinski definition) is 5. The number of alkyl halides is 3. The van der Waals surface area contributed by atoms with Crippen molar-refractivity contribution in [3.63, 3.8) is 0 Å². The third-order valence-corrected chi connectivity index (χ3v) is 5.35. The highest BCUT2D eigenvalue weighted by Gasteiger charge is 2.33. The number of allylic oxidation sites excluding steroid dienone is 4. The van der Waals surface area contributed by atoms with Crippen LogP contribution >= 0.6 is 0 Å². The van der Waals surface area contributed by atoms with Crippen LogP contribution in [0.1, 0.15) is 44.0 Å². The fraction of sp³-hybridized carbons (Fsp3) is 0.304. The number of carbonyl (C=O) groups excluding carboxylic acids is 1. The van der Waals surface area contributed by atoms with Gasteiger partial charge < -0.3 is 16.4 Å². The molecule has 8 nitrogen and oxygen atoms in total. The molecule has 4 rings (SSSR count). The maximum absolute atomic E-state index is 12.9. The zero-order valence-electron chi connectivity index (χ0n) is 18.6. The highest BCUT2D eigenvalue weighted by atomic mass is 19.4. The molecule has 0 saturated carbocycles. The number of nitrogens with two attached hydrogens (primary N) is 1. The van der Waals surface area contributed by atoms with Crippen LogP contribution in [0.3, 0.4) is 0 Å². The van der Waals surface area contributed by atoms with E-state index in [1.807, 2.05) is 19.9 Å². The van der Waals surface area contributed by atoms with E-state index in [9.17, 15) is 18.0 Å². The predicted octanol–water partition coefficient (Wildman–Crippen LogP) is 4.87. The lowest BCUT2D eigenvalue weighted by molar-refractivity contribution is -0.0887. The first-order chi connectivity index (χ1) is 16.1. The molecule has 11 heteroatoms. The summed E-state index contributed by atoms with van der Waals surface area (Å²) in [6, 6.07) is 6.59. The van der Waals surface area contributed by atoms with Crippen molar-refractivity contribution in [3.8, 4) is 0 Å². The number of hydrogen-bond donors (Lipinski definition) is 3. The average Bonchev–Trinajstić information content (AvgIpc) is 3.13. The summed E-state index contributed by atoms with van der Waals surface area (Å²) in [5, 5.41) is 10.5. The number of nitrogens with one attached hydrogen (secondary N) is 2. The Labute approximate surface area is 193 Å². The zero-order valence-corrected chi connectivity index (χ0v) is 18.6. The maximum Gasteiger partial charge on any atom is 0.416 e. The van der Waals surface area contributed by atoms with Gasteiger partial charge in [0, 0.05) is 23.8 Å². The van der Waals surface area contributed by atoms with Crippen LogP contribution in [0.15, 0.2) is 54.0 Å². The standard InChI is InChI=1S/C23H24F3N7O/c1-13(2)33-21-19(20(27)28-12-29-21)18(32-33)10-14-5-3-7-16(9-14)30-22(34)31-17-8-4-6-15(11-17)23(24,25)26/h3,5-7,9,11-13H,4,8,10H2,1-2H3,(H2,27,28,29)(H2,30,31,34). The lowest BCUT2D eigenvalue weighted by atomic mass is 10.0. The van der Waals surface area contributed by atoms with Crippen molar-refractivity contribution in [1.29, 1.82) is 0 Å². The predicted molar refractivity (Wildman–Crippen MR) is 123 cm³/mol. The number of rotatable bonds is 5. The van der Waals surface area contributed by atoms with Crippen molar-refractivity contribution in [2.45, 2.75) is 45.3 Å². The number of anilines is 2. The van der Waals surface area contributed by atoms with Crippen LogP contribution in [-0.4, -0.2) is 32.0 Å². The lowest BCUT2D eigenvalue weighted by Crippen LogP contribution is -2.29. The van der Waals surface area contributed by atoms with Crippen molar-refractivity contribution in [1.82, 2.24) is 25.1 Å². The first kappa shape index (κ1) is 23.3. The van der Waals surface area contributed by atoms with E-state index in [-0.39, 0.29) is 18.2 Å². The van der Waals surface area contributed by atoms with Crippen molar-refractivity contribution in [2.75, 3.05) is 11.1 Å². The molecule has 1 aliphatic carbocycles. The van der Waals surface area contributed by atoms with Gasteiger partial charge >= 0.3 is 12.2 Å². The molecule has 0 fully saturated rings. The highest BCUT2D eigenvalue weighted by Crippen LogP contribution is 2.31. The number of nitrogens with zero attached hydrogens (tertiary/aromatic N) is 4. The molecule has 0 radical (unpaired) electrons. The summed E-state index contributed by atoms with van der Waals surface area (Å²) in [5.41, 5.74) is 8.27. The van der Waals surface area contributed by atoms with Crippen LogP contribution in [0, 0.1) is 0 Å². The molecule has 2 heterocycles. The van der Waals surface area contributed by atoms with Gasteiger partial charge in [-0.25, -0.2) is 19.4 Å². The Morgan fingerprint density at radius 2 is 2.03 bits per heavy atom. The van der Waals surface area contributed by atoms with Crippen LogP contribution in [0.25, 0.3) is 11.0 Å². The summed E-state index contributed by atoms with van der Waals surface area (Å²) in [6.45, 7) is 3.99. The van der Waals surface area contributed by atoms with E-state index >= 15 is 0 Å². The second-order valence-electron chi connectivity index (χ2n) is 8.26. The molecule has 0 atom stereocenters. The van der Waals surface area contributed by atoms with Crippen molar-refractivity contribution >= 4 is 28.6 Å². The molecule has 1 aromatic carbocycles. The highest BCUT2D eigenvalue weighted by molar-refractivity contribution is 5.91. The number of aromatic nitrogens is 4. The normalized spacial score (nSPS) is 14.2. The fourth-order valence-electron chi connectivity index (χ4n) is 3.81. The quantitative estimate of drug-likeness (QED) is 0.492. The number of amides is 2. The average molecular weight is 471 g/mol. The first-order valence-corrected chi connectivity index (χ1v) is 10.7. The molecule has 2 aromatic heterocycles. The molecule has 0 unspecified atom stereocenters. The van der Waals surface area contributed by atoms with Gasteiger partial charge in [0.15, 0.2) is 5.65 Å². The second-order valence-corrected chi connectivity index (χ2v) is 8.26. The topological polar surface area (TPSA) is 111 Å². The molecule has 1 aliphatic rings. The fourth-order valence-corrected chi connectivity index (χ4v) is 3.81. The van der Waals surface area contributed by atoms with Crippen LogP contribution < -0.4 is 16.4 Å². The minimum atomic E-state index is -4.45. The summed E-state index contributed by atoms with van der Waals surface area (Å²) in [5.74, 6) is 0.341. The van der Waals surface area contributed by atoms with Crippen molar-refractivity contribution in [3.05, 3.63) is 65.3 Å². The van der Waals surface area contributed by atoms with E-state index in [2.05, 4.69) is 25.7 Å². The van der Waals surface area contributed by atoms with E-state index in [4.69, 9.17) is 5.73 Å². The molecule has 0 saturated heterocycles. The number of nitrogen functional groups attached to an aromatic ring is 1. The van der Waals surface area contributed by atoms with Crippen LogP contribution in [0.4, 0.5) is 29.5 Å². The molecule has 178 valence electrons. The second kappa shape index (κ2) is 9.16. The number of urea groups is 1. The molecular formula is C23H24F3N7O.